The summed E-state index contributed by atoms with van der Waals surface area (Å²) < 4.78 is 6.60. The summed E-state index contributed by atoms with van der Waals surface area (Å²) in [6.07, 6.45) is 1.78. The molecule has 1 saturated heterocycles. The predicted octanol–water partition coefficient (Wildman–Crippen LogP) is 1.75. The molecule has 1 fully saturated rings. The Bertz CT molecular complexity index is 326. The Hall–Kier alpha value is -0.610. The summed E-state index contributed by atoms with van der Waals surface area (Å²) in [5.74, 6) is 1.37. The first-order chi connectivity index (χ1) is 6.75. The molecule has 0 spiro atoms. The number of aromatic nitrogens is 1. The van der Waals surface area contributed by atoms with Gasteiger partial charge in [-0.05, 0) is 28.4 Å². The lowest BCUT2D eigenvalue weighted by Crippen LogP contribution is -2.45. The molecule has 0 aliphatic carbocycles. The van der Waals surface area contributed by atoms with Crippen LogP contribution in [-0.2, 0) is 0 Å². The average molecular weight is 257 g/mol. The summed E-state index contributed by atoms with van der Waals surface area (Å²) in [7, 11) is 0. The molecule has 14 heavy (non-hydrogen) atoms. The van der Waals surface area contributed by atoms with Gasteiger partial charge in [-0.15, -0.1) is 0 Å². The zero-order valence-corrected chi connectivity index (χ0v) is 9.67. The Morgan fingerprint density at radius 3 is 3.00 bits per heavy atom. The average Bonchev–Trinajstić information content (AvgIpc) is 2.08. The number of pyridine rings is 1. The minimum Gasteiger partial charge on any atom is -0.477 e. The number of aryl methyl sites for hydroxylation is 1. The summed E-state index contributed by atoms with van der Waals surface area (Å²) in [5, 5.41) is 3.21. The van der Waals surface area contributed by atoms with Crippen molar-refractivity contribution in [2.75, 3.05) is 19.7 Å². The van der Waals surface area contributed by atoms with Gasteiger partial charge in [0.05, 0.1) is 6.61 Å². The molecule has 3 nitrogen and oxygen atoms in total. The first-order valence-corrected chi connectivity index (χ1v) is 5.50. The van der Waals surface area contributed by atoms with E-state index in [0.29, 0.717) is 5.92 Å². The van der Waals surface area contributed by atoms with E-state index >= 15 is 0 Å². The van der Waals surface area contributed by atoms with Crippen molar-refractivity contribution in [3.63, 3.8) is 0 Å². The van der Waals surface area contributed by atoms with Crippen molar-refractivity contribution in [2.24, 2.45) is 5.92 Å². The maximum Gasteiger partial charge on any atom is 0.213 e. The molecule has 2 heterocycles. The highest BCUT2D eigenvalue weighted by molar-refractivity contribution is 9.10. The lowest BCUT2D eigenvalue weighted by Gasteiger charge is -2.26. The van der Waals surface area contributed by atoms with Gasteiger partial charge in [0.2, 0.25) is 5.88 Å². The number of halogens is 1. The Morgan fingerprint density at radius 2 is 2.43 bits per heavy atom. The lowest BCUT2D eigenvalue weighted by atomic mass is 10.1. The number of hydrogen-bond donors (Lipinski definition) is 1. The van der Waals surface area contributed by atoms with E-state index in [1.54, 1.807) is 6.20 Å². The fourth-order valence-corrected chi connectivity index (χ4v) is 1.48. The van der Waals surface area contributed by atoms with Gasteiger partial charge in [0, 0.05) is 35.7 Å². The molecule has 0 radical (unpaired) electrons. The van der Waals surface area contributed by atoms with Crippen molar-refractivity contribution < 1.29 is 4.74 Å². The molecule has 0 saturated carbocycles. The molecule has 1 N–H and O–H groups in total. The van der Waals surface area contributed by atoms with Crippen LogP contribution in [0.1, 0.15) is 5.56 Å². The largest absolute Gasteiger partial charge is 0.477 e. The molecule has 0 amide bonds. The maximum atomic E-state index is 5.57. The van der Waals surface area contributed by atoms with Gasteiger partial charge in [0.1, 0.15) is 0 Å². The Balaban J connectivity index is 1.91. The Kier molecular flexibility index (Phi) is 3.03. The summed E-state index contributed by atoms with van der Waals surface area (Å²) >= 11 is 3.41. The fourth-order valence-electron chi connectivity index (χ4n) is 1.26. The Labute approximate surface area is 92.0 Å². The van der Waals surface area contributed by atoms with Gasteiger partial charge in [0.15, 0.2) is 0 Å². The number of hydrogen-bond acceptors (Lipinski definition) is 3. The van der Waals surface area contributed by atoms with Gasteiger partial charge in [-0.25, -0.2) is 4.98 Å². The number of nitrogens with zero attached hydrogens (tertiary/aromatic N) is 1. The van der Waals surface area contributed by atoms with Crippen molar-refractivity contribution in [3.8, 4) is 5.88 Å². The maximum absolute atomic E-state index is 5.57. The van der Waals surface area contributed by atoms with Crippen LogP contribution in [-0.4, -0.2) is 24.7 Å². The second-order valence-corrected chi connectivity index (χ2v) is 4.46. The van der Waals surface area contributed by atoms with Crippen molar-refractivity contribution in [3.05, 3.63) is 22.3 Å². The van der Waals surface area contributed by atoms with Gasteiger partial charge < -0.3 is 10.1 Å². The third kappa shape index (κ3) is 2.25. The van der Waals surface area contributed by atoms with Crippen LogP contribution in [0.2, 0.25) is 0 Å². The van der Waals surface area contributed by atoms with E-state index in [4.69, 9.17) is 4.74 Å². The monoisotopic (exact) mass is 256 g/mol. The quantitative estimate of drug-likeness (QED) is 0.895. The topological polar surface area (TPSA) is 34.1 Å². The van der Waals surface area contributed by atoms with Crippen LogP contribution in [0, 0.1) is 12.8 Å². The highest BCUT2D eigenvalue weighted by atomic mass is 79.9. The van der Waals surface area contributed by atoms with Gasteiger partial charge in [-0.1, -0.05) is 0 Å². The number of nitrogens with one attached hydrogen (secondary N) is 1. The normalized spacial score (nSPS) is 16.4. The summed E-state index contributed by atoms with van der Waals surface area (Å²) in [6, 6.07) is 1.95. The van der Waals surface area contributed by atoms with Crippen LogP contribution in [0.25, 0.3) is 0 Å². The smallest absolute Gasteiger partial charge is 0.213 e. The number of ether oxygens (including phenoxy) is 1. The van der Waals surface area contributed by atoms with E-state index in [1.165, 1.54) is 0 Å². The summed E-state index contributed by atoms with van der Waals surface area (Å²) in [6.45, 7) is 4.93. The molecule has 0 bridgehead atoms. The van der Waals surface area contributed by atoms with Crippen LogP contribution in [0.15, 0.2) is 16.7 Å². The van der Waals surface area contributed by atoms with Crippen molar-refractivity contribution in [1.29, 1.82) is 0 Å². The molecular weight excluding hydrogens is 244 g/mol. The summed E-state index contributed by atoms with van der Waals surface area (Å²) in [5.41, 5.74) is 1.15. The first-order valence-electron chi connectivity index (χ1n) is 4.71. The molecule has 4 heteroatoms. The minimum atomic E-state index is 0.653. The van der Waals surface area contributed by atoms with E-state index in [-0.39, 0.29) is 0 Å². The van der Waals surface area contributed by atoms with E-state index in [1.807, 2.05) is 13.0 Å². The van der Waals surface area contributed by atoms with Gasteiger partial charge in [-0.2, -0.15) is 0 Å². The molecule has 0 aromatic carbocycles. The molecular formula is C10H13BrN2O. The molecule has 0 atom stereocenters. The third-order valence-corrected chi connectivity index (χ3v) is 3.18. The summed E-state index contributed by atoms with van der Waals surface area (Å²) in [4.78, 5) is 4.18. The highest BCUT2D eigenvalue weighted by Crippen LogP contribution is 2.19. The minimum absolute atomic E-state index is 0.653. The van der Waals surface area contributed by atoms with Crippen molar-refractivity contribution in [2.45, 2.75) is 6.92 Å². The van der Waals surface area contributed by atoms with Gasteiger partial charge in [0.25, 0.3) is 0 Å². The fraction of sp³-hybridized carbons (Fsp3) is 0.500. The standard InChI is InChI=1S/C10H13BrN2O/c1-7-2-10(13-5-9(7)11)14-6-8-3-12-4-8/h2,5,8,12H,3-4,6H2,1H3. The zero-order valence-electron chi connectivity index (χ0n) is 8.09. The van der Waals surface area contributed by atoms with Crippen LogP contribution >= 0.6 is 15.9 Å². The van der Waals surface area contributed by atoms with Crippen LogP contribution in [0.3, 0.4) is 0 Å². The molecule has 1 aliphatic heterocycles. The van der Waals surface area contributed by atoms with Crippen LogP contribution in [0.5, 0.6) is 5.88 Å². The van der Waals surface area contributed by atoms with E-state index in [0.717, 1.165) is 35.6 Å². The van der Waals surface area contributed by atoms with E-state index in [9.17, 15) is 0 Å². The molecule has 76 valence electrons. The molecule has 1 aromatic heterocycles. The van der Waals surface area contributed by atoms with Gasteiger partial charge in [-0.3, -0.25) is 0 Å². The lowest BCUT2D eigenvalue weighted by molar-refractivity contribution is 0.193. The van der Waals surface area contributed by atoms with E-state index < -0.39 is 0 Å². The molecule has 1 aromatic rings. The predicted molar refractivity (Wildman–Crippen MR) is 58.5 cm³/mol. The van der Waals surface area contributed by atoms with Crippen molar-refractivity contribution >= 4 is 15.9 Å². The molecule has 1 aliphatic rings. The first kappa shape index (κ1) is 9.93. The van der Waals surface area contributed by atoms with Crippen molar-refractivity contribution in [1.82, 2.24) is 10.3 Å². The Morgan fingerprint density at radius 1 is 1.64 bits per heavy atom. The third-order valence-electron chi connectivity index (χ3n) is 2.35. The molecule has 2 rings (SSSR count). The second-order valence-electron chi connectivity index (χ2n) is 3.61. The van der Waals surface area contributed by atoms with E-state index in [2.05, 4.69) is 26.2 Å². The molecule has 0 unspecified atom stereocenters. The van der Waals surface area contributed by atoms with Crippen LogP contribution in [0.4, 0.5) is 0 Å². The van der Waals surface area contributed by atoms with Crippen LogP contribution < -0.4 is 10.1 Å². The second kappa shape index (κ2) is 4.28. The zero-order chi connectivity index (χ0) is 9.97. The van der Waals surface area contributed by atoms with Gasteiger partial charge >= 0.3 is 0 Å². The highest BCUT2D eigenvalue weighted by Gasteiger charge is 2.17. The SMILES string of the molecule is Cc1cc(OCC2CNC2)ncc1Br. The number of rotatable bonds is 3.